The van der Waals surface area contributed by atoms with Gasteiger partial charge in [-0.15, -0.1) is 0 Å². The van der Waals surface area contributed by atoms with Crippen molar-refractivity contribution in [3.05, 3.63) is 63.4 Å². The van der Waals surface area contributed by atoms with E-state index < -0.39 is 28.6 Å². The number of benzene rings is 2. The molecule has 1 saturated heterocycles. The molecule has 0 unspecified atom stereocenters. The largest absolute Gasteiger partial charge is 0.477 e. The Hall–Kier alpha value is -3.46. The number of halogens is 2. The number of anilines is 2. The van der Waals surface area contributed by atoms with Crippen LogP contribution in [-0.2, 0) is 6.42 Å². The van der Waals surface area contributed by atoms with Gasteiger partial charge in [0, 0.05) is 30.7 Å². The van der Waals surface area contributed by atoms with Gasteiger partial charge in [-0.25, -0.2) is 13.6 Å². The summed E-state index contributed by atoms with van der Waals surface area (Å²) in [5.41, 5.74) is 6.00. The minimum absolute atomic E-state index is 0.0724. The lowest BCUT2D eigenvalue weighted by Crippen LogP contribution is -2.57. The highest BCUT2D eigenvalue weighted by Gasteiger charge is 2.28. The predicted molar refractivity (Wildman–Crippen MR) is 115 cm³/mol. The van der Waals surface area contributed by atoms with Crippen LogP contribution in [0, 0.1) is 11.6 Å². The number of nitrogens with zero attached hydrogens (tertiary/aromatic N) is 2. The van der Waals surface area contributed by atoms with Crippen LogP contribution < -0.4 is 21.4 Å². The highest BCUT2D eigenvalue weighted by Crippen LogP contribution is 2.31. The molecule has 1 aromatic heterocycles. The Morgan fingerprint density at radius 2 is 1.90 bits per heavy atom. The average Bonchev–Trinajstić information content (AvgIpc) is 2.70. The molecule has 1 fully saturated rings. The molecule has 9 heteroatoms. The molecule has 4 N–H and O–H groups in total. The summed E-state index contributed by atoms with van der Waals surface area (Å²) in [5, 5.41) is 12.6. The van der Waals surface area contributed by atoms with Crippen molar-refractivity contribution in [1.29, 1.82) is 0 Å². The van der Waals surface area contributed by atoms with Gasteiger partial charge < -0.3 is 25.6 Å². The van der Waals surface area contributed by atoms with Gasteiger partial charge in [0.25, 0.3) is 0 Å². The van der Waals surface area contributed by atoms with E-state index >= 15 is 0 Å². The normalized spacial score (nSPS) is 14.1. The summed E-state index contributed by atoms with van der Waals surface area (Å²) in [5.74, 6) is -2.63. The standard InChI is InChI=1S/C22H22F2N4O3/c1-3-11-4-15(23)17(25)6-18(11)28-10-14(22(30)31)21(29)13-5-16(24)20(7-19(13)28)27-8-12(9-27)26-2/h4-7,10,12,26H,3,8-9,25H2,1-2H3,(H,30,31). The van der Waals surface area contributed by atoms with Gasteiger partial charge in [0.15, 0.2) is 0 Å². The van der Waals surface area contributed by atoms with Gasteiger partial charge in [-0.1, -0.05) is 6.92 Å². The molecule has 0 saturated carbocycles. The average molecular weight is 428 g/mol. The molecule has 162 valence electrons. The van der Waals surface area contributed by atoms with Crippen molar-refractivity contribution in [2.75, 3.05) is 30.8 Å². The number of hydrogen-bond donors (Lipinski definition) is 3. The molecule has 7 nitrogen and oxygen atoms in total. The lowest BCUT2D eigenvalue weighted by atomic mass is 10.0. The van der Waals surface area contributed by atoms with E-state index in [4.69, 9.17) is 5.73 Å². The van der Waals surface area contributed by atoms with Crippen molar-refractivity contribution in [1.82, 2.24) is 9.88 Å². The van der Waals surface area contributed by atoms with E-state index in [0.29, 0.717) is 42.0 Å². The summed E-state index contributed by atoms with van der Waals surface area (Å²) in [4.78, 5) is 26.3. The molecule has 0 amide bonds. The quantitative estimate of drug-likeness (QED) is 0.540. The molecule has 1 aliphatic heterocycles. The summed E-state index contributed by atoms with van der Waals surface area (Å²) in [7, 11) is 1.83. The maximum atomic E-state index is 14.9. The summed E-state index contributed by atoms with van der Waals surface area (Å²) in [6, 6.07) is 5.51. The number of nitrogens with two attached hydrogens (primary N) is 1. The summed E-state index contributed by atoms with van der Waals surface area (Å²) >= 11 is 0. The fourth-order valence-electron chi connectivity index (χ4n) is 3.91. The van der Waals surface area contributed by atoms with E-state index in [9.17, 15) is 23.5 Å². The third kappa shape index (κ3) is 3.40. The second kappa shape index (κ2) is 7.66. The maximum Gasteiger partial charge on any atom is 0.341 e. The molecule has 0 bridgehead atoms. The van der Waals surface area contributed by atoms with Gasteiger partial charge in [0.05, 0.1) is 22.6 Å². The van der Waals surface area contributed by atoms with Crippen LogP contribution in [0.2, 0.25) is 0 Å². The van der Waals surface area contributed by atoms with E-state index in [-0.39, 0.29) is 17.1 Å². The molecule has 1 aliphatic rings. The highest BCUT2D eigenvalue weighted by atomic mass is 19.1. The zero-order valence-electron chi connectivity index (χ0n) is 17.1. The summed E-state index contributed by atoms with van der Waals surface area (Å²) < 4.78 is 30.4. The molecular formula is C22H22F2N4O3. The number of pyridine rings is 1. The Labute approximate surface area is 176 Å². The van der Waals surface area contributed by atoms with Crippen LogP contribution >= 0.6 is 0 Å². The topological polar surface area (TPSA) is 101 Å². The first-order chi connectivity index (χ1) is 14.7. The minimum atomic E-state index is -1.43. The number of aromatic nitrogens is 1. The Kier molecular flexibility index (Phi) is 5.14. The first kappa shape index (κ1) is 20.8. The Morgan fingerprint density at radius 3 is 2.52 bits per heavy atom. The molecule has 4 rings (SSSR count). The monoisotopic (exact) mass is 428 g/mol. The number of rotatable bonds is 5. The highest BCUT2D eigenvalue weighted by molar-refractivity contribution is 5.94. The number of likely N-dealkylation sites (N-methyl/N-ethyl adjacent to an activating group) is 1. The molecule has 0 spiro atoms. The number of fused-ring (bicyclic) bond motifs is 1. The number of aromatic carboxylic acids is 1. The molecule has 31 heavy (non-hydrogen) atoms. The smallest absolute Gasteiger partial charge is 0.341 e. The summed E-state index contributed by atoms with van der Waals surface area (Å²) in [6.07, 6.45) is 1.62. The van der Waals surface area contributed by atoms with Gasteiger partial charge in [0.1, 0.15) is 17.2 Å². The number of aryl methyl sites for hydroxylation is 1. The van der Waals surface area contributed by atoms with Gasteiger partial charge >= 0.3 is 5.97 Å². The van der Waals surface area contributed by atoms with E-state index in [1.807, 2.05) is 18.9 Å². The van der Waals surface area contributed by atoms with E-state index in [1.54, 1.807) is 0 Å². The Morgan fingerprint density at radius 1 is 1.19 bits per heavy atom. The molecule has 2 heterocycles. The van der Waals surface area contributed by atoms with Crippen LogP contribution in [0.25, 0.3) is 16.6 Å². The first-order valence-corrected chi connectivity index (χ1v) is 9.87. The number of nitrogens with one attached hydrogen (secondary N) is 1. The summed E-state index contributed by atoms with van der Waals surface area (Å²) in [6.45, 7) is 3.01. The van der Waals surface area contributed by atoms with Crippen molar-refractivity contribution < 1.29 is 18.7 Å². The van der Waals surface area contributed by atoms with Gasteiger partial charge in [0.2, 0.25) is 5.43 Å². The van der Waals surface area contributed by atoms with Gasteiger partial charge in [-0.3, -0.25) is 4.79 Å². The first-order valence-electron chi connectivity index (χ1n) is 9.87. The predicted octanol–water partition coefficient (Wildman–Crippen LogP) is 2.52. The second-order valence-corrected chi connectivity index (χ2v) is 7.61. The molecule has 2 aromatic carbocycles. The SMILES string of the molecule is CCc1cc(F)c(N)cc1-n1cc(C(=O)O)c(=O)c2cc(F)c(N3CC(NC)C3)cc21. The number of carboxylic acids is 1. The van der Waals surface area contributed by atoms with Crippen molar-refractivity contribution in [2.24, 2.45) is 0 Å². The molecular weight excluding hydrogens is 406 g/mol. The lowest BCUT2D eigenvalue weighted by molar-refractivity contribution is 0.0695. The van der Waals surface area contributed by atoms with Crippen LogP contribution in [0.1, 0.15) is 22.8 Å². The van der Waals surface area contributed by atoms with Crippen LogP contribution in [0.4, 0.5) is 20.2 Å². The molecule has 0 atom stereocenters. The van der Waals surface area contributed by atoms with Crippen molar-refractivity contribution in [3.63, 3.8) is 0 Å². The number of nitrogen functional groups attached to an aromatic ring is 1. The molecule has 0 aliphatic carbocycles. The van der Waals surface area contributed by atoms with Crippen LogP contribution in [0.3, 0.4) is 0 Å². The maximum absolute atomic E-state index is 14.9. The van der Waals surface area contributed by atoms with Crippen LogP contribution in [0.5, 0.6) is 0 Å². The van der Waals surface area contributed by atoms with Crippen LogP contribution in [-0.4, -0.2) is 41.8 Å². The number of hydrogen-bond acceptors (Lipinski definition) is 5. The fourth-order valence-corrected chi connectivity index (χ4v) is 3.91. The van der Waals surface area contributed by atoms with E-state index in [0.717, 1.165) is 6.07 Å². The zero-order chi connectivity index (χ0) is 22.4. The molecule has 3 aromatic rings. The van der Waals surface area contributed by atoms with E-state index in [2.05, 4.69) is 5.32 Å². The zero-order valence-corrected chi connectivity index (χ0v) is 17.1. The van der Waals surface area contributed by atoms with Crippen molar-refractivity contribution in [3.8, 4) is 5.69 Å². The second-order valence-electron chi connectivity index (χ2n) is 7.61. The number of carboxylic acid groups (broad SMARTS) is 1. The van der Waals surface area contributed by atoms with Crippen LogP contribution in [0.15, 0.2) is 35.3 Å². The third-order valence-electron chi connectivity index (χ3n) is 5.77. The van der Waals surface area contributed by atoms with Gasteiger partial charge in [-0.2, -0.15) is 0 Å². The Balaban J connectivity index is 2.04. The number of carbonyl (C=O) groups is 1. The fraction of sp³-hybridized carbons (Fsp3) is 0.273. The Bertz CT molecular complexity index is 1270. The lowest BCUT2D eigenvalue weighted by Gasteiger charge is -2.41. The van der Waals surface area contributed by atoms with E-state index in [1.165, 1.54) is 29.0 Å². The van der Waals surface area contributed by atoms with Crippen molar-refractivity contribution >= 4 is 28.2 Å². The van der Waals surface area contributed by atoms with Crippen molar-refractivity contribution in [2.45, 2.75) is 19.4 Å². The third-order valence-corrected chi connectivity index (χ3v) is 5.77. The molecule has 0 radical (unpaired) electrons. The van der Waals surface area contributed by atoms with Gasteiger partial charge in [-0.05, 0) is 43.3 Å². The minimum Gasteiger partial charge on any atom is -0.477 e.